The second kappa shape index (κ2) is 11.6. The molecule has 0 saturated carbocycles. The van der Waals surface area contributed by atoms with Gasteiger partial charge in [-0.1, -0.05) is 67.9 Å². The largest absolute Gasteiger partial charge is 0.439 e. The van der Waals surface area contributed by atoms with Crippen LogP contribution in [0.3, 0.4) is 0 Å². The SMILES string of the molecule is CCC(CC)(c1ccc(NC(=O)CCc2oc(-c3n[nH]c4ccccc34)nc2-c2ccc(Cl)cc2)cc1)P(=O)(O)O. The molecule has 0 bridgehead atoms. The van der Waals surface area contributed by atoms with Gasteiger partial charge in [0.2, 0.25) is 11.8 Å². The lowest BCUT2D eigenvalue weighted by Crippen LogP contribution is -2.24. The second-order valence-electron chi connectivity index (χ2n) is 9.82. The minimum atomic E-state index is -4.40. The van der Waals surface area contributed by atoms with Crippen molar-refractivity contribution in [1.29, 1.82) is 0 Å². The summed E-state index contributed by atoms with van der Waals surface area (Å²) in [5.74, 6) is 0.645. The van der Waals surface area contributed by atoms with Crippen LogP contribution in [0.2, 0.25) is 5.02 Å². The lowest BCUT2D eigenvalue weighted by atomic mass is 9.92. The number of aryl methyl sites for hydroxylation is 1. The van der Waals surface area contributed by atoms with Crippen molar-refractivity contribution in [3.8, 4) is 22.8 Å². The van der Waals surface area contributed by atoms with Crippen molar-refractivity contribution in [1.82, 2.24) is 15.2 Å². The Kier molecular flexibility index (Phi) is 8.16. The van der Waals surface area contributed by atoms with E-state index in [1.54, 1.807) is 50.2 Å². The number of aromatic amines is 1. The summed E-state index contributed by atoms with van der Waals surface area (Å²) in [4.78, 5) is 37.7. The normalized spacial score (nSPS) is 12.1. The van der Waals surface area contributed by atoms with Crippen LogP contribution < -0.4 is 5.32 Å². The zero-order chi connectivity index (χ0) is 29.2. The summed E-state index contributed by atoms with van der Waals surface area (Å²) in [5.41, 5.74) is 3.92. The molecule has 5 aromatic rings. The number of carbonyl (C=O) groups excluding carboxylic acids is 1. The van der Waals surface area contributed by atoms with Crippen molar-refractivity contribution in [3.63, 3.8) is 0 Å². The van der Waals surface area contributed by atoms with Crippen molar-refractivity contribution in [2.75, 3.05) is 5.32 Å². The zero-order valence-corrected chi connectivity index (χ0v) is 24.2. The highest BCUT2D eigenvalue weighted by Gasteiger charge is 2.45. The number of hydrogen-bond donors (Lipinski definition) is 4. The number of oxazole rings is 1. The number of benzene rings is 3. The fourth-order valence-electron chi connectivity index (χ4n) is 5.13. The van der Waals surface area contributed by atoms with E-state index in [1.807, 2.05) is 36.4 Å². The molecule has 0 spiro atoms. The Balaban J connectivity index is 1.36. The van der Waals surface area contributed by atoms with Crippen molar-refractivity contribution in [3.05, 3.63) is 89.1 Å². The number of hydrogen-bond acceptors (Lipinski definition) is 5. The van der Waals surface area contributed by atoms with Gasteiger partial charge >= 0.3 is 7.60 Å². The number of rotatable bonds is 10. The second-order valence-corrected chi connectivity index (χ2v) is 12.2. The lowest BCUT2D eigenvalue weighted by molar-refractivity contribution is -0.116. The number of anilines is 1. The molecule has 2 heterocycles. The van der Waals surface area contributed by atoms with E-state index in [1.165, 1.54) is 0 Å². The Morgan fingerprint density at radius 2 is 1.68 bits per heavy atom. The zero-order valence-electron chi connectivity index (χ0n) is 22.6. The summed E-state index contributed by atoms with van der Waals surface area (Å²) in [6.45, 7) is 3.53. The Morgan fingerprint density at radius 1 is 1.00 bits per heavy atom. The number of aromatic nitrogens is 3. The molecule has 2 aromatic heterocycles. The first-order valence-electron chi connectivity index (χ1n) is 13.3. The van der Waals surface area contributed by atoms with Gasteiger partial charge in [-0.2, -0.15) is 5.10 Å². The Labute approximate surface area is 242 Å². The Bertz CT molecular complexity index is 1720. The van der Waals surface area contributed by atoms with E-state index in [-0.39, 0.29) is 18.7 Å². The van der Waals surface area contributed by atoms with Crippen molar-refractivity contribution < 1.29 is 23.6 Å². The van der Waals surface area contributed by atoms with Gasteiger partial charge < -0.3 is 19.5 Å². The molecule has 5 rings (SSSR count). The molecule has 3 aromatic carbocycles. The molecule has 0 aliphatic heterocycles. The van der Waals surface area contributed by atoms with Gasteiger partial charge in [-0.25, -0.2) is 4.98 Å². The molecule has 11 heteroatoms. The molecule has 1 amide bonds. The number of fused-ring (bicyclic) bond motifs is 1. The number of H-pyrrole nitrogens is 1. The van der Waals surface area contributed by atoms with Gasteiger partial charge in [0.1, 0.15) is 11.5 Å². The molecule has 0 atom stereocenters. The predicted molar refractivity (Wildman–Crippen MR) is 160 cm³/mol. The number of nitrogens with zero attached hydrogens (tertiary/aromatic N) is 2. The quantitative estimate of drug-likeness (QED) is 0.125. The molecule has 0 unspecified atom stereocenters. The number of para-hydroxylation sites is 1. The van der Waals surface area contributed by atoms with Gasteiger partial charge in [-0.05, 0) is 48.7 Å². The Morgan fingerprint density at radius 3 is 2.34 bits per heavy atom. The number of carbonyl (C=O) groups is 1. The van der Waals surface area contributed by atoms with Gasteiger partial charge in [0.05, 0.1) is 10.7 Å². The van der Waals surface area contributed by atoms with Crippen LogP contribution in [0, 0.1) is 0 Å². The minimum absolute atomic E-state index is 0.120. The van der Waals surface area contributed by atoms with E-state index >= 15 is 0 Å². The Hall–Kier alpha value is -3.75. The van der Waals surface area contributed by atoms with Gasteiger partial charge in [0, 0.05) is 34.5 Å². The molecule has 4 N–H and O–H groups in total. The molecule has 0 radical (unpaired) electrons. The highest BCUT2D eigenvalue weighted by atomic mass is 35.5. The van der Waals surface area contributed by atoms with Crippen LogP contribution in [-0.4, -0.2) is 30.9 Å². The van der Waals surface area contributed by atoms with E-state index < -0.39 is 12.8 Å². The third-order valence-corrected chi connectivity index (χ3v) is 9.76. The molecule has 0 aliphatic rings. The van der Waals surface area contributed by atoms with Crippen LogP contribution in [0.15, 0.2) is 77.2 Å². The van der Waals surface area contributed by atoms with Crippen molar-refractivity contribution in [2.24, 2.45) is 0 Å². The van der Waals surface area contributed by atoms with Gasteiger partial charge in [-0.15, -0.1) is 0 Å². The molecule has 0 saturated heterocycles. The molecule has 0 fully saturated rings. The van der Waals surface area contributed by atoms with Crippen LogP contribution >= 0.6 is 19.2 Å². The topological polar surface area (TPSA) is 141 Å². The smallest absolute Gasteiger partial charge is 0.335 e. The molecule has 9 nitrogen and oxygen atoms in total. The van der Waals surface area contributed by atoms with Crippen LogP contribution in [0.1, 0.15) is 44.4 Å². The highest BCUT2D eigenvalue weighted by molar-refractivity contribution is 7.53. The van der Waals surface area contributed by atoms with Crippen LogP contribution in [0.4, 0.5) is 5.69 Å². The van der Waals surface area contributed by atoms with Crippen molar-refractivity contribution >= 4 is 41.7 Å². The van der Waals surface area contributed by atoms with E-state index in [2.05, 4.69) is 15.5 Å². The summed E-state index contributed by atoms with van der Waals surface area (Å²) < 4.78 is 18.5. The maximum atomic E-state index is 12.9. The number of amides is 1. The van der Waals surface area contributed by atoms with Gasteiger partial charge in [0.25, 0.3) is 0 Å². The highest BCUT2D eigenvalue weighted by Crippen LogP contribution is 2.60. The monoisotopic (exact) mass is 592 g/mol. The van der Waals surface area contributed by atoms with E-state index in [4.69, 9.17) is 21.0 Å². The van der Waals surface area contributed by atoms with Crippen LogP contribution in [0.25, 0.3) is 33.7 Å². The third-order valence-electron chi connectivity index (χ3n) is 7.50. The summed E-state index contributed by atoms with van der Waals surface area (Å²) in [6, 6.07) is 21.6. The number of halogens is 1. The molecule has 41 heavy (non-hydrogen) atoms. The van der Waals surface area contributed by atoms with Gasteiger partial charge in [0.15, 0.2) is 5.69 Å². The number of nitrogens with one attached hydrogen (secondary N) is 2. The minimum Gasteiger partial charge on any atom is -0.439 e. The fourth-order valence-corrected chi connectivity index (χ4v) is 6.57. The first-order chi connectivity index (χ1) is 19.6. The molecule has 0 aliphatic carbocycles. The van der Waals surface area contributed by atoms with Crippen LogP contribution in [-0.2, 0) is 20.9 Å². The predicted octanol–water partition coefficient (Wildman–Crippen LogP) is 7.30. The summed E-state index contributed by atoms with van der Waals surface area (Å²) >= 11 is 6.09. The van der Waals surface area contributed by atoms with E-state index in [0.717, 1.165) is 16.5 Å². The first kappa shape index (κ1) is 28.8. The van der Waals surface area contributed by atoms with Crippen LogP contribution in [0.5, 0.6) is 0 Å². The summed E-state index contributed by atoms with van der Waals surface area (Å²) in [7, 11) is -4.40. The molecular weight excluding hydrogens is 563 g/mol. The maximum absolute atomic E-state index is 12.9. The lowest BCUT2D eigenvalue weighted by Gasteiger charge is -2.33. The maximum Gasteiger partial charge on any atom is 0.335 e. The van der Waals surface area contributed by atoms with Crippen molar-refractivity contribution in [2.45, 2.75) is 44.7 Å². The summed E-state index contributed by atoms with van der Waals surface area (Å²) in [6.07, 6.45) is 0.990. The average molecular weight is 593 g/mol. The average Bonchev–Trinajstić information content (AvgIpc) is 3.58. The molecule has 212 valence electrons. The van der Waals surface area contributed by atoms with E-state index in [0.29, 0.717) is 52.2 Å². The first-order valence-corrected chi connectivity index (χ1v) is 15.3. The van der Waals surface area contributed by atoms with Gasteiger partial charge in [-0.3, -0.25) is 14.5 Å². The fraction of sp³-hybridized carbons (Fsp3) is 0.233. The van der Waals surface area contributed by atoms with E-state index in [9.17, 15) is 19.1 Å². The standard InChI is InChI=1S/C30H30ClN4O5P/c1-3-30(4-2,41(37,38)39)20-11-15-22(16-12-20)32-26(36)18-17-25-27(19-9-13-21(31)14-10-19)33-29(40-25)28-23-7-5-6-8-24(23)34-35-28/h5-16H,3-4,17-18H2,1-2H3,(H,32,36)(H,34,35)(H2,37,38,39). The summed E-state index contributed by atoms with van der Waals surface area (Å²) in [5, 5.41) is 10.5. The molecular formula is C30H30ClN4O5P. The third kappa shape index (κ3) is 5.72.